The van der Waals surface area contributed by atoms with Crippen molar-refractivity contribution in [3.63, 3.8) is 0 Å². The smallest absolute Gasteiger partial charge is 0.142 e. The third kappa shape index (κ3) is 13.1. The standard InChI is InChI=1S/C15H21NO.C11H19N3.C7H14O.C3H6/c1-12-6-8-13(9-7-12)16-10-11-17-15-5-3-2-4-14(15)16;1-2-10(13)8-11(9-12)14-6-4-3-5-7-14;8-7-5-3-1-2-4-6-7;1-3-2/h2-5,12-13H,6-11H2,1H3;8-9,12-13H,2-7H2,1H3;7-8H,1-6H2;3H,1H2,2H3/b;11-8+,12-9?,13-10?;;. The van der Waals surface area contributed by atoms with Gasteiger partial charge in [-0.1, -0.05) is 57.7 Å². The lowest BCUT2D eigenvalue weighted by Gasteiger charge is -2.40. The van der Waals surface area contributed by atoms with Crippen LogP contribution in [-0.4, -0.2) is 60.3 Å². The van der Waals surface area contributed by atoms with Gasteiger partial charge in [0.1, 0.15) is 12.4 Å². The van der Waals surface area contributed by atoms with E-state index >= 15 is 0 Å². The molecule has 0 amide bonds. The number of ether oxygens (including phenoxy) is 1. The largest absolute Gasteiger partial charge is 0.490 e. The van der Waals surface area contributed by atoms with Crippen LogP contribution in [0.2, 0.25) is 0 Å². The van der Waals surface area contributed by atoms with Gasteiger partial charge in [0.15, 0.2) is 0 Å². The number of likely N-dealkylation sites (tertiary alicyclic amines) is 1. The molecule has 236 valence electrons. The number of piperidine rings is 1. The minimum Gasteiger partial charge on any atom is -0.490 e. The predicted molar refractivity (Wildman–Crippen MR) is 181 cm³/mol. The van der Waals surface area contributed by atoms with Gasteiger partial charge in [-0.3, -0.25) is 0 Å². The number of hydrogen-bond donors (Lipinski definition) is 3. The number of nitrogens with one attached hydrogen (secondary N) is 2. The van der Waals surface area contributed by atoms with E-state index in [0.717, 1.165) is 68.9 Å². The molecule has 6 heteroatoms. The molecule has 3 N–H and O–H groups in total. The van der Waals surface area contributed by atoms with Gasteiger partial charge in [-0.05, 0) is 95.3 Å². The molecule has 1 aromatic rings. The third-order valence-corrected chi connectivity index (χ3v) is 8.59. The third-order valence-electron chi connectivity index (χ3n) is 8.59. The lowest BCUT2D eigenvalue weighted by atomic mass is 9.86. The number of rotatable bonds is 5. The number of para-hydroxylation sites is 2. The molecular formula is C36H60N4O2. The van der Waals surface area contributed by atoms with Crippen LogP contribution in [-0.2, 0) is 0 Å². The van der Waals surface area contributed by atoms with Gasteiger partial charge < -0.3 is 30.5 Å². The second kappa shape index (κ2) is 21.1. The topological polar surface area (TPSA) is 83.6 Å². The maximum Gasteiger partial charge on any atom is 0.142 e. The fraction of sp³-hybridized carbons (Fsp3) is 0.667. The minimum absolute atomic E-state index is 0.0255. The Kier molecular flexibility index (Phi) is 17.9. The Hall–Kier alpha value is -2.60. The zero-order chi connectivity index (χ0) is 30.6. The number of hydrogen-bond acceptors (Lipinski definition) is 6. The van der Waals surface area contributed by atoms with Gasteiger partial charge in [0, 0.05) is 31.1 Å². The quantitative estimate of drug-likeness (QED) is 0.185. The number of allylic oxidation sites excluding steroid dienone is 3. The lowest BCUT2D eigenvalue weighted by Crippen LogP contribution is -2.42. The summed E-state index contributed by atoms with van der Waals surface area (Å²) in [7, 11) is 0. The van der Waals surface area contributed by atoms with Crippen molar-refractivity contribution in [3.05, 3.63) is 48.7 Å². The molecule has 5 rings (SSSR count). The summed E-state index contributed by atoms with van der Waals surface area (Å²) >= 11 is 0. The summed E-state index contributed by atoms with van der Waals surface area (Å²) in [6, 6.07) is 9.20. The van der Waals surface area contributed by atoms with E-state index in [4.69, 9.17) is 20.7 Å². The Morgan fingerprint density at radius 3 is 2.14 bits per heavy atom. The van der Waals surface area contributed by atoms with E-state index in [-0.39, 0.29) is 6.10 Å². The molecular weight excluding hydrogens is 520 g/mol. The van der Waals surface area contributed by atoms with Crippen molar-refractivity contribution in [3.8, 4) is 5.75 Å². The first-order valence-electron chi connectivity index (χ1n) is 16.7. The van der Waals surface area contributed by atoms with E-state index in [0.29, 0.717) is 5.71 Å². The molecule has 0 spiro atoms. The number of aliphatic hydroxyl groups is 1. The highest BCUT2D eigenvalue weighted by Gasteiger charge is 2.27. The van der Waals surface area contributed by atoms with Gasteiger partial charge in [-0.2, -0.15) is 0 Å². The first kappa shape index (κ1) is 35.6. The zero-order valence-electron chi connectivity index (χ0n) is 27.0. The van der Waals surface area contributed by atoms with Crippen LogP contribution in [0.15, 0.2) is 48.7 Å². The Morgan fingerprint density at radius 1 is 0.952 bits per heavy atom. The number of fused-ring (bicyclic) bond motifs is 1. The average Bonchev–Trinajstić information content (AvgIpc) is 3.28. The van der Waals surface area contributed by atoms with Crippen LogP contribution in [0.1, 0.15) is 111 Å². The molecule has 2 aliphatic heterocycles. The van der Waals surface area contributed by atoms with E-state index in [1.165, 1.54) is 82.5 Å². The summed E-state index contributed by atoms with van der Waals surface area (Å²) in [6.07, 6.45) is 22.1. The highest BCUT2D eigenvalue weighted by atomic mass is 16.5. The molecule has 0 aromatic heterocycles. The first-order chi connectivity index (χ1) is 20.4. The summed E-state index contributed by atoms with van der Waals surface area (Å²) < 4.78 is 5.72. The van der Waals surface area contributed by atoms with E-state index in [2.05, 4.69) is 47.6 Å². The van der Waals surface area contributed by atoms with Crippen LogP contribution < -0.4 is 9.64 Å². The molecule has 0 bridgehead atoms. The summed E-state index contributed by atoms with van der Waals surface area (Å²) in [5.74, 6) is 1.99. The Labute approximate surface area is 257 Å². The number of anilines is 1. The van der Waals surface area contributed by atoms with Crippen molar-refractivity contribution in [2.45, 2.75) is 123 Å². The Balaban J connectivity index is 0.000000222. The summed E-state index contributed by atoms with van der Waals surface area (Å²) in [6.45, 7) is 13.6. The van der Waals surface area contributed by atoms with Gasteiger partial charge in [-0.25, -0.2) is 0 Å². The lowest BCUT2D eigenvalue weighted by molar-refractivity contribution is 0.157. The van der Waals surface area contributed by atoms with Gasteiger partial charge in [0.05, 0.1) is 24.0 Å². The molecule has 2 aliphatic carbocycles. The van der Waals surface area contributed by atoms with Crippen molar-refractivity contribution in [1.29, 1.82) is 10.8 Å². The Morgan fingerprint density at radius 2 is 1.55 bits per heavy atom. The highest BCUT2D eigenvalue weighted by Crippen LogP contribution is 2.36. The van der Waals surface area contributed by atoms with Gasteiger partial charge in [-0.15, -0.1) is 6.58 Å². The molecule has 2 heterocycles. The van der Waals surface area contributed by atoms with Gasteiger partial charge in [0.25, 0.3) is 0 Å². The molecule has 1 saturated heterocycles. The van der Waals surface area contributed by atoms with E-state index in [1.54, 1.807) is 6.08 Å². The van der Waals surface area contributed by atoms with Crippen LogP contribution in [0, 0.1) is 16.7 Å². The SMILES string of the molecule is C=CC.CC1CCC(N2CCOc3ccccc32)CC1.CCC(=N)/C=C(\C=N)N1CCCCC1.OC1CCCCCC1. The van der Waals surface area contributed by atoms with Crippen LogP contribution >= 0.6 is 0 Å². The van der Waals surface area contributed by atoms with Crippen molar-refractivity contribution < 1.29 is 9.84 Å². The first-order valence-corrected chi connectivity index (χ1v) is 16.7. The zero-order valence-corrected chi connectivity index (χ0v) is 27.0. The molecule has 2 saturated carbocycles. The van der Waals surface area contributed by atoms with Crippen LogP contribution in [0.4, 0.5) is 5.69 Å². The predicted octanol–water partition coefficient (Wildman–Crippen LogP) is 8.79. The maximum absolute atomic E-state index is 9.09. The van der Waals surface area contributed by atoms with Gasteiger partial charge >= 0.3 is 0 Å². The molecule has 42 heavy (non-hydrogen) atoms. The monoisotopic (exact) mass is 580 g/mol. The van der Waals surface area contributed by atoms with Crippen molar-refractivity contribution in [2.24, 2.45) is 5.92 Å². The second-order valence-electron chi connectivity index (χ2n) is 12.1. The maximum atomic E-state index is 9.09. The molecule has 1 aromatic carbocycles. The summed E-state index contributed by atoms with van der Waals surface area (Å²) in [4.78, 5) is 4.78. The highest BCUT2D eigenvalue weighted by molar-refractivity contribution is 5.96. The van der Waals surface area contributed by atoms with Crippen molar-refractivity contribution in [1.82, 2.24) is 4.90 Å². The molecule has 0 radical (unpaired) electrons. The number of aliphatic hydroxyl groups excluding tert-OH is 1. The molecule has 6 nitrogen and oxygen atoms in total. The molecule has 0 unspecified atom stereocenters. The normalized spacial score (nSPS) is 22.6. The van der Waals surface area contributed by atoms with Crippen molar-refractivity contribution >= 4 is 17.6 Å². The Bertz CT molecular complexity index is 924. The average molecular weight is 581 g/mol. The van der Waals surface area contributed by atoms with Crippen LogP contribution in [0.25, 0.3) is 0 Å². The number of nitrogens with zero attached hydrogens (tertiary/aromatic N) is 2. The van der Waals surface area contributed by atoms with E-state index in [9.17, 15) is 0 Å². The minimum atomic E-state index is 0.0255. The second-order valence-corrected chi connectivity index (χ2v) is 12.1. The van der Waals surface area contributed by atoms with Gasteiger partial charge in [0.2, 0.25) is 0 Å². The molecule has 0 atom stereocenters. The molecule has 3 fully saturated rings. The van der Waals surface area contributed by atoms with Crippen LogP contribution in [0.3, 0.4) is 0 Å². The van der Waals surface area contributed by atoms with E-state index < -0.39 is 0 Å². The summed E-state index contributed by atoms with van der Waals surface area (Å²) in [5.41, 5.74) is 2.81. The fourth-order valence-corrected chi connectivity index (χ4v) is 6.04. The van der Waals surface area contributed by atoms with Crippen molar-refractivity contribution in [2.75, 3.05) is 31.1 Å². The molecule has 4 aliphatic rings. The van der Waals surface area contributed by atoms with Crippen LogP contribution in [0.5, 0.6) is 5.75 Å². The summed E-state index contributed by atoms with van der Waals surface area (Å²) in [5, 5.41) is 24.0. The fourth-order valence-electron chi connectivity index (χ4n) is 6.04. The van der Waals surface area contributed by atoms with E-state index in [1.807, 2.05) is 19.9 Å². The number of benzene rings is 1.